The number of ether oxygens (including phenoxy) is 1. The van der Waals surface area contributed by atoms with E-state index in [9.17, 15) is 10.1 Å². The van der Waals surface area contributed by atoms with Crippen LogP contribution in [0.4, 0.5) is 17.6 Å². The van der Waals surface area contributed by atoms with Crippen LogP contribution in [0.25, 0.3) is 16.6 Å². The second-order valence-corrected chi connectivity index (χ2v) is 9.87. The van der Waals surface area contributed by atoms with Gasteiger partial charge in [-0.25, -0.2) is 4.98 Å². The molecule has 11 nitrogen and oxygen atoms in total. The Kier molecular flexibility index (Phi) is 8.07. The normalized spacial score (nSPS) is 14.8. The van der Waals surface area contributed by atoms with Gasteiger partial charge in [0.25, 0.3) is 5.56 Å². The molecule has 0 amide bonds. The maximum Gasteiger partial charge on any atom is 0.269 e. The standard InChI is InChI=1S/C29H33N9O2/c1-19(33-26-21(18-30)25(31)35-29(32)36-26)27-34-22-12-9-13-23(40-17-16-37-14-7-2-3-8-15-37)24(22)28(39)38(27)20-10-5-4-6-11-20/h4-6,9-13,19H,2-3,7-8,14-17H2,1H3,(H5,31,32,33,35,36). The summed E-state index contributed by atoms with van der Waals surface area (Å²) < 4.78 is 7.75. The van der Waals surface area contributed by atoms with Gasteiger partial charge in [-0.15, -0.1) is 0 Å². The number of nitrogen functional groups attached to an aromatic ring is 2. The second kappa shape index (κ2) is 12.0. The number of aromatic nitrogens is 4. The molecule has 1 saturated heterocycles. The van der Waals surface area contributed by atoms with E-state index in [1.165, 1.54) is 25.7 Å². The SMILES string of the molecule is CC(Nc1nc(N)nc(N)c1C#N)c1nc2cccc(OCCN3CCCCCC3)c2c(=O)n1-c1ccccc1. The van der Waals surface area contributed by atoms with Gasteiger partial charge in [-0.3, -0.25) is 14.3 Å². The Balaban J connectivity index is 1.54. The van der Waals surface area contributed by atoms with Gasteiger partial charge >= 0.3 is 0 Å². The lowest BCUT2D eigenvalue weighted by Crippen LogP contribution is -2.30. The summed E-state index contributed by atoms with van der Waals surface area (Å²) in [7, 11) is 0. The number of nitriles is 1. The molecule has 2 aromatic carbocycles. The van der Waals surface area contributed by atoms with E-state index in [4.69, 9.17) is 21.2 Å². The lowest BCUT2D eigenvalue weighted by atomic mass is 10.1. The molecule has 5 N–H and O–H groups in total. The van der Waals surface area contributed by atoms with Crippen molar-refractivity contribution in [2.75, 3.05) is 43.0 Å². The number of anilines is 3. The van der Waals surface area contributed by atoms with Crippen LogP contribution in [0.2, 0.25) is 0 Å². The number of nitrogens with one attached hydrogen (secondary N) is 1. The summed E-state index contributed by atoms with van der Waals surface area (Å²) in [5.41, 5.74) is 12.6. The summed E-state index contributed by atoms with van der Waals surface area (Å²) in [6.45, 7) is 5.27. The van der Waals surface area contributed by atoms with Gasteiger partial charge in [0.15, 0.2) is 5.82 Å². The molecule has 1 unspecified atom stereocenters. The first-order valence-electron chi connectivity index (χ1n) is 13.5. The smallest absolute Gasteiger partial charge is 0.269 e. The summed E-state index contributed by atoms with van der Waals surface area (Å²) >= 11 is 0. The molecule has 5 rings (SSSR count). The predicted molar refractivity (Wildman–Crippen MR) is 155 cm³/mol. The minimum atomic E-state index is -0.564. The Bertz CT molecular complexity index is 1590. The summed E-state index contributed by atoms with van der Waals surface area (Å²) in [6.07, 6.45) is 4.96. The zero-order valence-electron chi connectivity index (χ0n) is 22.5. The topological polar surface area (TPSA) is 161 Å². The van der Waals surface area contributed by atoms with Crippen molar-refractivity contribution >= 4 is 28.5 Å². The van der Waals surface area contributed by atoms with Crippen LogP contribution in [-0.4, -0.2) is 50.7 Å². The fourth-order valence-electron chi connectivity index (χ4n) is 5.08. The monoisotopic (exact) mass is 539 g/mol. The Labute approximate surface area is 232 Å². The van der Waals surface area contributed by atoms with Crippen molar-refractivity contribution in [3.8, 4) is 17.5 Å². The number of hydrogen-bond acceptors (Lipinski definition) is 10. The highest BCUT2D eigenvalue weighted by atomic mass is 16.5. The minimum absolute atomic E-state index is 0.0291. The van der Waals surface area contributed by atoms with Gasteiger partial charge < -0.3 is 21.5 Å². The van der Waals surface area contributed by atoms with Crippen molar-refractivity contribution in [2.24, 2.45) is 0 Å². The highest BCUT2D eigenvalue weighted by Gasteiger charge is 2.22. The number of hydrogen-bond donors (Lipinski definition) is 3. The number of likely N-dealkylation sites (tertiary alicyclic amines) is 1. The molecule has 11 heteroatoms. The molecule has 1 aliphatic rings. The molecule has 4 aromatic rings. The molecule has 1 atom stereocenters. The Hall–Kier alpha value is -4.69. The van der Waals surface area contributed by atoms with E-state index in [1.54, 1.807) is 10.6 Å². The van der Waals surface area contributed by atoms with Crippen molar-refractivity contribution in [1.29, 1.82) is 5.26 Å². The van der Waals surface area contributed by atoms with Gasteiger partial charge in [-0.2, -0.15) is 15.2 Å². The molecule has 0 aliphatic carbocycles. The van der Waals surface area contributed by atoms with Crippen LogP contribution in [0.5, 0.6) is 5.75 Å². The molecule has 0 saturated carbocycles. The number of nitrogens with two attached hydrogens (primary N) is 2. The molecular formula is C29H33N9O2. The first kappa shape index (κ1) is 26.9. The minimum Gasteiger partial charge on any atom is -0.491 e. The maximum absolute atomic E-state index is 14.2. The van der Waals surface area contributed by atoms with Crippen LogP contribution >= 0.6 is 0 Å². The molecule has 2 aromatic heterocycles. The number of para-hydroxylation sites is 1. The summed E-state index contributed by atoms with van der Waals surface area (Å²) in [5.74, 6) is 0.994. The second-order valence-electron chi connectivity index (χ2n) is 9.87. The zero-order chi connectivity index (χ0) is 28.1. The lowest BCUT2D eigenvalue weighted by Gasteiger charge is -2.22. The van der Waals surface area contributed by atoms with Crippen molar-refractivity contribution in [3.05, 3.63) is 70.3 Å². The number of benzene rings is 2. The van der Waals surface area contributed by atoms with Crippen LogP contribution in [0.1, 0.15) is 50.0 Å². The fourth-order valence-corrected chi connectivity index (χ4v) is 5.08. The van der Waals surface area contributed by atoms with Crippen LogP contribution in [0, 0.1) is 11.3 Å². The Morgan fingerprint density at radius 3 is 2.50 bits per heavy atom. The number of fused-ring (bicyclic) bond motifs is 1. The maximum atomic E-state index is 14.2. The highest BCUT2D eigenvalue weighted by Crippen LogP contribution is 2.27. The summed E-state index contributed by atoms with van der Waals surface area (Å²) in [4.78, 5) is 29.5. The van der Waals surface area contributed by atoms with Gasteiger partial charge in [0.05, 0.1) is 17.2 Å². The first-order chi connectivity index (χ1) is 19.5. The largest absolute Gasteiger partial charge is 0.491 e. The number of nitrogens with zero attached hydrogens (tertiary/aromatic N) is 6. The highest BCUT2D eigenvalue weighted by molar-refractivity contribution is 5.84. The average molecular weight is 540 g/mol. The first-order valence-corrected chi connectivity index (χ1v) is 13.5. The van der Waals surface area contributed by atoms with Crippen LogP contribution in [0.15, 0.2) is 53.3 Å². The van der Waals surface area contributed by atoms with Crippen LogP contribution in [-0.2, 0) is 0 Å². The van der Waals surface area contributed by atoms with Crippen molar-refractivity contribution < 1.29 is 4.74 Å². The summed E-state index contributed by atoms with van der Waals surface area (Å²) in [6, 6.07) is 16.2. The van der Waals surface area contributed by atoms with E-state index in [-0.39, 0.29) is 28.7 Å². The van der Waals surface area contributed by atoms with E-state index >= 15 is 0 Å². The third kappa shape index (κ3) is 5.67. The van der Waals surface area contributed by atoms with E-state index in [0.717, 1.165) is 19.6 Å². The molecule has 1 aliphatic heterocycles. The van der Waals surface area contributed by atoms with Gasteiger partial charge in [-0.05, 0) is 57.1 Å². The quantitative estimate of drug-likeness (QED) is 0.301. The number of rotatable bonds is 8. The Morgan fingerprint density at radius 1 is 1.02 bits per heavy atom. The molecule has 0 bridgehead atoms. The van der Waals surface area contributed by atoms with Crippen LogP contribution in [0.3, 0.4) is 0 Å². The van der Waals surface area contributed by atoms with Crippen molar-refractivity contribution in [1.82, 2.24) is 24.4 Å². The molecule has 3 heterocycles. The fraction of sp³-hybridized carbons (Fsp3) is 0.345. The lowest BCUT2D eigenvalue weighted by molar-refractivity contribution is 0.215. The summed E-state index contributed by atoms with van der Waals surface area (Å²) in [5, 5.41) is 13.2. The predicted octanol–water partition coefficient (Wildman–Crippen LogP) is 3.64. The molecule has 40 heavy (non-hydrogen) atoms. The van der Waals surface area contributed by atoms with E-state index in [2.05, 4.69) is 20.2 Å². The van der Waals surface area contributed by atoms with Gasteiger partial charge in [0, 0.05) is 6.54 Å². The van der Waals surface area contributed by atoms with Crippen LogP contribution < -0.4 is 27.1 Å². The van der Waals surface area contributed by atoms with Gasteiger partial charge in [-0.1, -0.05) is 37.1 Å². The zero-order valence-corrected chi connectivity index (χ0v) is 22.5. The van der Waals surface area contributed by atoms with E-state index in [1.807, 2.05) is 55.5 Å². The third-order valence-corrected chi connectivity index (χ3v) is 7.07. The van der Waals surface area contributed by atoms with Gasteiger partial charge in [0.1, 0.15) is 41.0 Å². The Morgan fingerprint density at radius 2 is 1.77 bits per heavy atom. The molecule has 0 radical (unpaired) electrons. The molecule has 1 fully saturated rings. The van der Waals surface area contributed by atoms with E-state index in [0.29, 0.717) is 34.8 Å². The molecular weight excluding hydrogens is 506 g/mol. The van der Waals surface area contributed by atoms with E-state index < -0.39 is 6.04 Å². The average Bonchev–Trinajstić information content (AvgIpc) is 3.22. The van der Waals surface area contributed by atoms with Gasteiger partial charge in [0.2, 0.25) is 5.95 Å². The molecule has 206 valence electrons. The van der Waals surface area contributed by atoms with Crippen molar-refractivity contribution in [2.45, 2.75) is 38.6 Å². The van der Waals surface area contributed by atoms with Crippen molar-refractivity contribution in [3.63, 3.8) is 0 Å². The molecule has 0 spiro atoms. The third-order valence-electron chi connectivity index (χ3n) is 7.07.